The number of fused-ring (bicyclic) bond motifs is 4. The number of para-hydroxylation sites is 3. The smallest absolute Gasteiger partial charge is 0.145 e. The third kappa shape index (κ3) is 4.92. The molecular weight excluding hydrogens is 617 g/mol. The fourth-order valence-electron chi connectivity index (χ4n) is 7.80. The van der Waals surface area contributed by atoms with Gasteiger partial charge < -0.3 is 0 Å². The van der Waals surface area contributed by atoms with Crippen LogP contribution in [0, 0.1) is 0 Å². The number of rotatable bonds is 5. The number of benzene rings is 9. The van der Waals surface area contributed by atoms with Gasteiger partial charge in [-0.05, 0) is 102 Å². The molecule has 9 aromatic carbocycles. The maximum absolute atomic E-state index is 5.10. The maximum Gasteiger partial charge on any atom is 0.145 e. The Morgan fingerprint density at radius 3 is 1.69 bits per heavy atom. The standard InChI is InChI=1S/C49H32N2/c1-3-14-35(15-4-1)47-41-19-9-10-20-42(41)48(39-28-25-33-13-7-8-16-37(33)31-39)43-30-29-38(32-44(43)47)34-23-26-36(27-24-34)49-50-45-21-11-12-22-46(45)51(49)40-17-5-2-6-18-40/h1-32H. The zero-order chi connectivity index (χ0) is 33.7. The topological polar surface area (TPSA) is 17.8 Å². The molecule has 51 heavy (non-hydrogen) atoms. The Hall–Kier alpha value is -6.77. The summed E-state index contributed by atoms with van der Waals surface area (Å²) in [5.41, 5.74) is 11.6. The monoisotopic (exact) mass is 648 g/mol. The van der Waals surface area contributed by atoms with Gasteiger partial charge in [0.1, 0.15) is 5.82 Å². The molecular formula is C49H32N2. The van der Waals surface area contributed by atoms with E-state index in [4.69, 9.17) is 4.98 Å². The van der Waals surface area contributed by atoms with Crippen LogP contribution in [0.2, 0.25) is 0 Å². The van der Waals surface area contributed by atoms with Gasteiger partial charge in [0, 0.05) is 11.3 Å². The molecule has 2 heteroatoms. The molecule has 0 amide bonds. The van der Waals surface area contributed by atoms with E-state index >= 15 is 0 Å². The molecule has 0 saturated carbocycles. The fraction of sp³-hybridized carbons (Fsp3) is 0. The third-order valence-corrected chi connectivity index (χ3v) is 10.2. The van der Waals surface area contributed by atoms with Gasteiger partial charge in [-0.1, -0.05) is 158 Å². The van der Waals surface area contributed by atoms with Crippen LogP contribution >= 0.6 is 0 Å². The Labute approximate surface area is 296 Å². The highest BCUT2D eigenvalue weighted by molar-refractivity contribution is 6.22. The SMILES string of the molecule is c1ccc(-c2c3ccccc3c(-c3ccc4ccccc4c3)c3ccc(-c4ccc(-c5nc6ccccc6n5-c5ccccc5)cc4)cc23)cc1. The molecule has 238 valence electrons. The molecule has 0 N–H and O–H groups in total. The summed E-state index contributed by atoms with van der Waals surface area (Å²) in [4.78, 5) is 5.10. The quantitative estimate of drug-likeness (QED) is 0.170. The highest BCUT2D eigenvalue weighted by atomic mass is 15.1. The average Bonchev–Trinajstić information content (AvgIpc) is 3.60. The molecule has 0 spiro atoms. The first-order chi connectivity index (χ1) is 25.3. The van der Waals surface area contributed by atoms with E-state index in [1.54, 1.807) is 0 Å². The molecule has 0 unspecified atom stereocenters. The second kappa shape index (κ2) is 12.0. The minimum atomic E-state index is 0.935. The highest BCUT2D eigenvalue weighted by Crippen LogP contribution is 2.45. The Morgan fingerprint density at radius 2 is 0.902 bits per heavy atom. The van der Waals surface area contributed by atoms with E-state index in [0.717, 1.165) is 28.1 Å². The van der Waals surface area contributed by atoms with Crippen LogP contribution in [0.1, 0.15) is 0 Å². The molecule has 10 rings (SSSR count). The zero-order valence-corrected chi connectivity index (χ0v) is 27.9. The van der Waals surface area contributed by atoms with Crippen molar-refractivity contribution in [3.05, 3.63) is 194 Å². The van der Waals surface area contributed by atoms with Crippen LogP contribution in [0.25, 0.3) is 93.8 Å². The van der Waals surface area contributed by atoms with E-state index in [2.05, 4.69) is 199 Å². The normalized spacial score (nSPS) is 11.5. The predicted molar refractivity (Wildman–Crippen MR) is 215 cm³/mol. The van der Waals surface area contributed by atoms with Crippen molar-refractivity contribution in [1.29, 1.82) is 0 Å². The third-order valence-electron chi connectivity index (χ3n) is 10.2. The second-order valence-electron chi connectivity index (χ2n) is 13.2. The van der Waals surface area contributed by atoms with E-state index in [0.29, 0.717) is 0 Å². The Balaban J connectivity index is 1.17. The van der Waals surface area contributed by atoms with Crippen LogP contribution in [-0.2, 0) is 0 Å². The molecule has 0 saturated heterocycles. The molecule has 0 radical (unpaired) electrons. The first-order valence-electron chi connectivity index (χ1n) is 17.5. The molecule has 1 aromatic heterocycles. The summed E-state index contributed by atoms with van der Waals surface area (Å²) in [6.07, 6.45) is 0. The summed E-state index contributed by atoms with van der Waals surface area (Å²) in [5, 5.41) is 7.51. The molecule has 0 aliphatic carbocycles. The summed E-state index contributed by atoms with van der Waals surface area (Å²) < 4.78 is 2.26. The molecule has 2 nitrogen and oxygen atoms in total. The number of hydrogen-bond acceptors (Lipinski definition) is 1. The van der Waals surface area contributed by atoms with Crippen LogP contribution in [0.3, 0.4) is 0 Å². The van der Waals surface area contributed by atoms with Gasteiger partial charge in [-0.15, -0.1) is 0 Å². The van der Waals surface area contributed by atoms with E-state index in [1.807, 2.05) is 0 Å². The van der Waals surface area contributed by atoms with Crippen molar-refractivity contribution in [1.82, 2.24) is 9.55 Å². The number of aromatic nitrogens is 2. The van der Waals surface area contributed by atoms with E-state index in [9.17, 15) is 0 Å². The summed E-state index contributed by atoms with van der Waals surface area (Å²) in [6, 6.07) is 69.9. The first kappa shape index (κ1) is 29.2. The lowest BCUT2D eigenvalue weighted by Gasteiger charge is -2.19. The zero-order valence-electron chi connectivity index (χ0n) is 27.9. The highest BCUT2D eigenvalue weighted by Gasteiger charge is 2.18. The predicted octanol–water partition coefficient (Wildman–Crippen LogP) is 13.2. The van der Waals surface area contributed by atoms with Crippen LogP contribution in [-0.4, -0.2) is 9.55 Å². The number of nitrogens with zero attached hydrogens (tertiary/aromatic N) is 2. The van der Waals surface area contributed by atoms with Crippen molar-refractivity contribution < 1.29 is 0 Å². The van der Waals surface area contributed by atoms with Crippen LogP contribution in [0.15, 0.2) is 194 Å². The van der Waals surface area contributed by atoms with Gasteiger partial charge in [-0.3, -0.25) is 4.57 Å². The minimum Gasteiger partial charge on any atom is -0.292 e. The van der Waals surface area contributed by atoms with Crippen molar-refractivity contribution in [2.75, 3.05) is 0 Å². The second-order valence-corrected chi connectivity index (χ2v) is 13.2. The van der Waals surface area contributed by atoms with Crippen molar-refractivity contribution in [3.63, 3.8) is 0 Å². The van der Waals surface area contributed by atoms with E-state index in [1.165, 1.54) is 65.7 Å². The van der Waals surface area contributed by atoms with Crippen molar-refractivity contribution >= 4 is 43.4 Å². The lowest BCUT2D eigenvalue weighted by molar-refractivity contribution is 1.10. The molecule has 0 aliphatic rings. The Kier molecular flexibility index (Phi) is 6.85. The van der Waals surface area contributed by atoms with Gasteiger partial charge in [-0.25, -0.2) is 4.98 Å². The van der Waals surface area contributed by atoms with Crippen LogP contribution in [0.5, 0.6) is 0 Å². The fourth-order valence-corrected chi connectivity index (χ4v) is 7.80. The van der Waals surface area contributed by atoms with Crippen LogP contribution < -0.4 is 0 Å². The molecule has 0 aliphatic heterocycles. The summed E-state index contributed by atoms with van der Waals surface area (Å²) >= 11 is 0. The molecule has 0 atom stereocenters. The Bertz CT molecular complexity index is 2880. The van der Waals surface area contributed by atoms with Gasteiger partial charge >= 0.3 is 0 Å². The van der Waals surface area contributed by atoms with Crippen molar-refractivity contribution in [2.24, 2.45) is 0 Å². The Morgan fingerprint density at radius 1 is 0.333 bits per heavy atom. The number of hydrogen-bond donors (Lipinski definition) is 0. The van der Waals surface area contributed by atoms with E-state index < -0.39 is 0 Å². The lowest BCUT2D eigenvalue weighted by atomic mass is 9.84. The van der Waals surface area contributed by atoms with Gasteiger partial charge in [0.15, 0.2) is 0 Å². The van der Waals surface area contributed by atoms with Gasteiger partial charge in [0.05, 0.1) is 11.0 Å². The largest absolute Gasteiger partial charge is 0.292 e. The first-order valence-corrected chi connectivity index (χ1v) is 17.5. The summed E-state index contributed by atoms with van der Waals surface area (Å²) in [7, 11) is 0. The summed E-state index contributed by atoms with van der Waals surface area (Å²) in [6.45, 7) is 0. The summed E-state index contributed by atoms with van der Waals surface area (Å²) in [5.74, 6) is 0.935. The van der Waals surface area contributed by atoms with Gasteiger partial charge in [-0.2, -0.15) is 0 Å². The minimum absolute atomic E-state index is 0.935. The molecule has 1 heterocycles. The van der Waals surface area contributed by atoms with E-state index in [-0.39, 0.29) is 0 Å². The average molecular weight is 649 g/mol. The van der Waals surface area contributed by atoms with Gasteiger partial charge in [0.2, 0.25) is 0 Å². The molecule has 0 fully saturated rings. The van der Waals surface area contributed by atoms with Crippen molar-refractivity contribution in [2.45, 2.75) is 0 Å². The van der Waals surface area contributed by atoms with Crippen molar-refractivity contribution in [3.8, 4) is 50.5 Å². The molecule has 0 bridgehead atoms. The number of imidazole rings is 1. The maximum atomic E-state index is 5.10. The van der Waals surface area contributed by atoms with Gasteiger partial charge in [0.25, 0.3) is 0 Å². The van der Waals surface area contributed by atoms with Crippen LogP contribution in [0.4, 0.5) is 0 Å². The lowest BCUT2D eigenvalue weighted by Crippen LogP contribution is -1.97. The molecule has 10 aromatic rings.